The zero-order chi connectivity index (χ0) is 21.0. The fourth-order valence-electron chi connectivity index (χ4n) is 3.03. The van der Waals surface area contributed by atoms with E-state index in [0.29, 0.717) is 21.7 Å². The van der Waals surface area contributed by atoms with Crippen molar-refractivity contribution in [2.75, 3.05) is 7.11 Å². The molecule has 1 N–H and O–H groups in total. The second-order valence-electron chi connectivity index (χ2n) is 6.22. The van der Waals surface area contributed by atoms with Crippen LogP contribution in [0.2, 0.25) is 5.02 Å². The molecular formula is C21H17Cl2N3O4. The molecule has 1 unspecified atom stereocenters. The molecule has 1 atom stereocenters. The highest BCUT2D eigenvalue weighted by atomic mass is 35.5. The molecule has 3 rings (SSSR count). The van der Waals surface area contributed by atoms with Gasteiger partial charge >= 0.3 is 5.97 Å². The van der Waals surface area contributed by atoms with Crippen molar-refractivity contribution >= 4 is 30.0 Å². The molecule has 30 heavy (non-hydrogen) atoms. The van der Waals surface area contributed by atoms with Gasteiger partial charge in [0.2, 0.25) is 0 Å². The number of hydrogen-bond acceptors (Lipinski definition) is 5. The van der Waals surface area contributed by atoms with E-state index in [4.69, 9.17) is 16.3 Å². The third-order valence-corrected chi connectivity index (χ3v) is 4.69. The van der Waals surface area contributed by atoms with Crippen LogP contribution in [0.1, 0.15) is 17.2 Å². The fourth-order valence-corrected chi connectivity index (χ4v) is 3.20. The number of rotatable bonds is 6. The van der Waals surface area contributed by atoms with Gasteiger partial charge in [0.1, 0.15) is 11.8 Å². The first-order valence-corrected chi connectivity index (χ1v) is 8.94. The van der Waals surface area contributed by atoms with Gasteiger partial charge in [-0.15, -0.1) is 12.4 Å². The van der Waals surface area contributed by atoms with Gasteiger partial charge in [0.05, 0.1) is 24.9 Å². The summed E-state index contributed by atoms with van der Waals surface area (Å²) in [6.45, 7) is 0. The summed E-state index contributed by atoms with van der Waals surface area (Å²) in [5.41, 5.74) is 1.30. The number of ether oxygens (including phenoxy) is 1. The Morgan fingerprint density at radius 1 is 1.27 bits per heavy atom. The summed E-state index contributed by atoms with van der Waals surface area (Å²) in [6.07, 6.45) is 4.56. The van der Waals surface area contributed by atoms with Crippen LogP contribution in [0.25, 0.3) is 11.1 Å². The van der Waals surface area contributed by atoms with E-state index in [1.165, 1.54) is 19.4 Å². The Morgan fingerprint density at radius 3 is 2.57 bits per heavy atom. The van der Waals surface area contributed by atoms with Crippen LogP contribution in [-0.2, 0) is 11.2 Å². The molecule has 0 aliphatic rings. The zero-order valence-corrected chi connectivity index (χ0v) is 17.4. The molecule has 7 nitrogen and oxygen atoms in total. The van der Waals surface area contributed by atoms with Crippen molar-refractivity contribution in [3.63, 3.8) is 0 Å². The van der Waals surface area contributed by atoms with Crippen LogP contribution < -0.4 is 10.3 Å². The number of carboxylic acids is 1. The minimum absolute atomic E-state index is 0. The second kappa shape index (κ2) is 9.92. The molecule has 0 saturated heterocycles. The van der Waals surface area contributed by atoms with Gasteiger partial charge in [-0.1, -0.05) is 11.6 Å². The Hall–Kier alpha value is -3.34. The first kappa shape index (κ1) is 22.9. The Balaban J connectivity index is 0.00000320. The molecule has 1 aromatic carbocycles. The Bertz CT molecular complexity index is 1160. The van der Waals surface area contributed by atoms with Crippen LogP contribution in [-0.4, -0.2) is 27.7 Å². The van der Waals surface area contributed by atoms with Crippen molar-refractivity contribution in [2.45, 2.75) is 12.5 Å². The SMILES string of the molecule is COc1cn(C(Cc2ccncc2)C(=O)O)c(=O)cc1-c1cc(Cl)ccc1C#N.Cl. The first-order valence-electron chi connectivity index (χ1n) is 8.56. The van der Waals surface area contributed by atoms with Crippen LogP contribution in [0.5, 0.6) is 5.75 Å². The lowest BCUT2D eigenvalue weighted by atomic mass is 10.00. The molecule has 9 heteroatoms. The Morgan fingerprint density at radius 2 is 1.97 bits per heavy atom. The quantitative estimate of drug-likeness (QED) is 0.619. The molecule has 0 amide bonds. The topological polar surface area (TPSA) is 105 Å². The van der Waals surface area contributed by atoms with Crippen molar-refractivity contribution in [1.82, 2.24) is 9.55 Å². The third kappa shape index (κ3) is 4.79. The summed E-state index contributed by atoms with van der Waals surface area (Å²) in [5, 5.41) is 19.5. The monoisotopic (exact) mass is 445 g/mol. The number of benzene rings is 1. The number of hydrogen-bond donors (Lipinski definition) is 1. The third-order valence-electron chi connectivity index (χ3n) is 4.46. The number of nitrogens with zero attached hydrogens (tertiary/aromatic N) is 3. The average molecular weight is 446 g/mol. The molecule has 0 saturated carbocycles. The van der Waals surface area contributed by atoms with Gasteiger partial charge in [0, 0.05) is 41.0 Å². The van der Waals surface area contributed by atoms with Crippen molar-refractivity contribution in [3.05, 3.63) is 81.5 Å². The summed E-state index contributed by atoms with van der Waals surface area (Å²) >= 11 is 6.06. The van der Waals surface area contributed by atoms with Crippen molar-refractivity contribution in [1.29, 1.82) is 5.26 Å². The number of carboxylic acid groups (broad SMARTS) is 1. The van der Waals surface area contributed by atoms with Gasteiger partial charge in [-0.2, -0.15) is 5.26 Å². The lowest BCUT2D eigenvalue weighted by Gasteiger charge is -2.19. The standard InChI is InChI=1S/C21H16ClN3O4.ClH/c1-29-19-12-25(18(21(27)28)8-13-4-6-24-7-5-13)20(26)10-17(19)16-9-15(22)3-2-14(16)11-23;/h2-7,9-10,12,18H,8H2,1H3,(H,27,28);1H. The van der Waals surface area contributed by atoms with Gasteiger partial charge < -0.3 is 9.84 Å². The minimum Gasteiger partial charge on any atom is -0.495 e. The zero-order valence-electron chi connectivity index (χ0n) is 15.8. The van der Waals surface area contributed by atoms with E-state index in [1.807, 2.05) is 0 Å². The smallest absolute Gasteiger partial charge is 0.327 e. The number of nitriles is 1. The lowest BCUT2D eigenvalue weighted by Crippen LogP contribution is -2.31. The number of aliphatic carboxylic acids is 1. The van der Waals surface area contributed by atoms with E-state index >= 15 is 0 Å². The van der Waals surface area contributed by atoms with Crippen LogP contribution in [0.4, 0.5) is 0 Å². The van der Waals surface area contributed by atoms with E-state index < -0.39 is 17.6 Å². The van der Waals surface area contributed by atoms with Gasteiger partial charge in [-0.3, -0.25) is 14.3 Å². The molecule has 0 spiro atoms. The molecule has 2 heterocycles. The maximum atomic E-state index is 12.8. The molecule has 0 fully saturated rings. The highest BCUT2D eigenvalue weighted by molar-refractivity contribution is 6.31. The van der Waals surface area contributed by atoms with Crippen molar-refractivity contribution in [2.24, 2.45) is 0 Å². The molecule has 0 aliphatic carbocycles. The van der Waals surface area contributed by atoms with Crippen molar-refractivity contribution in [3.8, 4) is 22.9 Å². The van der Waals surface area contributed by atoms with Crippen molar-refractivity contribution < 1.29 is 14.6 Å². The molecular weight excluding hydrogens is 429 g/mol. The van der Waals surface area contributed by atoms with Crippen LogP contribution in [0.15, 0.2) is 59.8 Å². The average Bonchev–Trinajstić information content (AvgIpc) is 2.72. The molecule has 154 valence electrons. The normalized spacial score (nSPS) is 11.1. The first-order chi connectivity index (χ1) is 13.9. The Kier molecular flexibility index (Phi) is 7.59. The number of methoxy groups -OCH3 is 1. The predicted molar refractivity (Wildman–Crippen MR) is 114 cm³/mol. The van der Waals surface area contributed by atoms with Crippen LogP contribution in [0.3, 0.4) is 0 Å². The molecule has 0 radical (unpaired) electrons. The Labute approximate surface area is 183 Å². The highest BCUT2D eigenvalue weighted by Gasteiger charge is 2.24. The number of carbonyl (C=O) groups is 1. The summed E-state index contributed by atoms with van der Waals surface area (Å²) in [6, 6.07) is 10.2. The molecule has 3 aromatic rings. The number of halogens is 2. The summed E-state index contributed by atoms with van der Waals surface area (Å²) in [4.78, 5) is 28.6. The second-order valence-corrected chi connectivity index (χ2v) is 6.65. The predicted octanol–water partition coefficient (Wildman–Crippen LogP) is 3.73. The van der Waals surface area contributed by atoms with E-state index in [9.17, 15) is 20.0 Å². The highest BCUT2D eigenvalue weighted by Crippen LogP contribution is 2.33. The molecule has 0 bridgehead atoms. The van der Waals surface area contributed by atoms with Crippen LogP contribution in [0, 0.1) is 11.3 Å². The maximum Gasteiger partial charge on any atom is 0.327 e. The van der Waals surface area contributed by atoms with E-state index in [0.717, 1.165) is 10.1 Å². The van der Waals surface area contributed by atoms with Crippen LogP contribution >= 0.6 is 24.0 Å². The van der Waals surface area contributed by atoms with Gasteiger partial charge in [-0.05, 0) is 35.9 Å². The summed E-state index contributed by atoms with van der Waals surface area (Å²) < 4.78 is 6.51. The lowest BCUT2D eigenvalue weighted by molar-refractivity contribution is -0.141. The molecule has 2 aromatic heterocycles. The number of aromatic nitrogens is 2. The molecule has 0 aliphatic heterocycles. The summed E-state index contributed by atoms with van der Waals surface area (Å²) in [5.74, 6) is -0.900. The number of pyridine rings is 2. The van der Waals surface area contributed by atoms with Gasteiger partial charge in [0.25, 0.3) is 5.56 Å². The van der Waals surface area contributed by atoms with Gasteiger partial charge in [0.15, 0.2) is 0 Å². The van der Waals surface area contributed by atoms with E-state index in [1.54, 1.807) is 42.7 Å². The largest absolute Gasteiger partial charge is 0.495 e. The maximum absolute atomic E-state index is 12.8. The fraction of sp³-hybridized carbons (Fsp3) is 0.143. The van der Waals surface area contributed by atoms with E-state index in [-0.39, 0.29) is 24.6 Å². The van der Waals surface area contributed by atoms with E-state index in [2.05, 4.69) is 11.1 Å². The van der Waals surface area contributed by atoms with Gasteiger partial charge in [-0.25, -0.2) is 4.79 Å². The minimum atomic E-state index is -1.15. The summed E-state index contributed by atoms with van der Waals surface area (Å²) in [7, 11) is 1.41.